The molecule has 0 aliphatic rings. The van der Waals surface area contributed by atoms with E-state index in [1.54, 1.807) is 10.9 Å². The van der Waals surface area contributed by atoms with Gasteiger partial charge < -0.3 is 11.1 Å². The summed E-state index contributed by atoms with van der Waals surface area (Å²) in [6.07, 6.45) is 3.58. The minimum Gasteiger partial charge on any atom is -0.399 e. The van der Waals surface area contributed by atoms with Crippen molar-refractivity contribution in [2.75, 3.05) is 5.73 Å². The number of nitrogens with two attached hydrogens (primary N) is 1. The second-order valence-electron chi connectivity index (χ2n) is 5.85. The van der Waals surface area contributed by atoms with E-state index in [1.165, 1.54) is 0 Å². The van der Waals surface area contributed by atoms with Crippen LogP contribution >= 0.6 is 0 Å². The van der Waals surface area contributed by atoms with Gasteiger partial charge in [-0.25, -0.2) is 0 Å². The summed E-state index contributed by atoms with van der Waals surface area (Å²) in [6, 6.07) is 7.59. The van der Waals surface area contributed by atoms with Crippen LogP contribution in [-0.2, 0) is 11.3 Å². The van der Waals surface area contributed by atoms with Gasteiger partial charge in [-0.3, -0.25) is 9.48 Å². The van der Waals surface area contributed by atoms with E-state index in [1.807, 2.05) is 51.2 Å². The van der Waals surface area contributed by atoms with Crippen LogP contribution in [0.1, 0.15) is 20.8 Å². The van der Waals surface area contributed by atoms with Gasteiger partial charge in [-0.15, -0.1) is 0 Å². The minimum absolute atomic E-state index is 0.0558. The van der Waals surface area contributed by atoms with Gasteiger partial charge in [0.15, 0.2) is 0 Å². The van der Waals surface area contributed by atoms with Crippen LogP contribution in [0.2, 0.25) is 0 Å². The summed E-state index contributed by atoms with van der Waals surface area (Å²) in [6.45, 7) is 6.06. The van der Waals surface area contributed by atoms with Crippen LogP contribution < -0.4 is 11.1 Å². The quantitative estimate of drug-likeness (QED) is 0.840. The summed E-state index contributed by atoms with van der Waals surface area (Å²) >= 11 is 0. The molecule has 1 heterocycles. The van der Waals surface area contributed by atoms with E-state index < -0.39 is 0 Å². The molecule has 1 aromatic carbocycles. The number of nitrogens with one attached hydrogen (secondary N) is 1. The molecule has 2 aromatic rings. The summed E-state index contributed by atoms with van der Waals surface area (Å²) in [5.41, 5.74) is 8.17. The molecule has 0 fully saturated rings. The molecule has 0 aliphatic heterocycles. The molecule has 5 heteroatoms. The summed E-state index contributed by atoms with van der Waals surface area (Å²) in [7, 11) is 0. The van der Waals surface area contributed by atoms with Crippen LogP contribution in [0.3, 0.4) is 0 Å². The fourth-order valence-corrected chi connectivity index (χ4v) is 1.92. The number of carbonyl (C=O) groups is 1. The van der Waals surface area contributed by atoms with Crippen LogP contribution in [0.15, 0.2) is 36.7 Å². The fraction of sp³-hybridized carbons (Fsp3) is 0.333. The molecule has 3 N–H and O–H groups in total. The van der Waals surface area contributed by atoms with Gasteiger partial charge in [-0.2, -0.15) is 5.10 Å². The topological polar surface area (TPSA) is 72.9 Å². The molecule has 0 radical (unpaired) electrons. The Bertz CT molecular complexity index is 610. The van der Waals surface area contributed by atoms with Gasteiger partial charge in [0, 0.05) is 23.0 Å². The number of aromatic nitrogens is 2. The number of rotatable bonds is 3. The first-order valence-electron chi connectivity index (χ1n) is 6.53. The Hall–Kier alpha value is -2.30. The first-order valence-corrected chi connectivity index (χ1v) is 6.53. The molecule has 1 amide bonds. The molecule has 106 valence electrons. The number of nitrogen functional groups attached to an aromatic ring is 1. The molecule has 5 nitrogen and oxygen atoms in total. The highest BCUT2D eigenvalue weighted by Crippen LogP contribution is 2.20. The number of anilines is 1. The van der Waals surface area contributed by atoms with Crippen molar-refractivity contribution in [1.29, 1.82) is 0 Å². The molecule has 2 rings (SSSR count). The van der Waals surface area contributed by atoms with Crippen molar-refractivity contribution in [3.05, 3.63) is 36.7 Å². The fourth-order valence-electron chi connectivity index (χ4n) is 1.92. The van der Waals surface area contributed by atoms with Crippen molar-refractivity contribution in [3.63, 3.8) is 0 Å². The molecule has 0 bridgehead atoms. The number of benzene rings is 1. The van der Waals surface area contributed by atoms with E-state index in [4.69, 9.17) is 5.73 Å². The van der Waals surface area contributed by atoms with Crippen molar-refractivity contribution in [3.8, 4) is 11.1 Å². The van der Waals surface area contributed by atoms with E-state index in [2.05, 4.69) is 10.4 Å². The lowest BCUT2D eigenvalue weighted by Gasteiger charge is -2.20. The second kappa shape index (κ2) is 5.36. The molecular formula is C15H20N4O. The number of nitrogens with zero attached hydrogens (tertiary/aromatic N) is 2. The molecule has 1 aromatic heterocycles. The summed E-state index contributed by atoms with van der Waals surface area (Å²) in [5, 5.41) is 7.11. The maximum absolute atomic E-state index is 11.8. The molecule has 0 unspecified atom stereocenters. The highest BCUT2D eigenvalue weighted by molar-refractivity contribution is 5.76. The Kier molecular flexibility index (Phi) is 3.79. The summed E-state index contributed by atoms with van der Waals surface area (Å²) in [5.74, 6) is -0.0558. The minimum atomic E-state index is -0.235. The monoisotopic (exact) mass is 272 g/mol. The summed E-state index contributed by atoms with van der Waals surface area (Å²) in [4.78, 5) is 11.8. The number of hydrogen-bond donors (Lipinski definition) is 2. The lowest BCUT2D eigenvalue weighted by Crippen LogP contribution is -2.42. The largest absolute Gasteiger partial charge is 0.399 e. The third-order valence-electron chi connectivity index (χ3n) is 2.67. The zero-order valence-electron chi connectivity index (χ0n) is 12.1. The maximum Gasteiger partial charge on any atom is 0.242 e. The third-order valence-corrected chi connectivity index (χ3v) is 2.67. The maximum atomic E-state index is 11.8. The van der Waals surface area contributed by atoms with Crippen LogP contribution in [0, 0.1) is 0 Å². The van der Waals surface area contributed by atoms with E-state index >= 15 is 0 Å². The molecule has 0 saturated carbocycles. The molecule has 0 atom stereocenters. The van der Waals surface area contributed by atoms with E-state index in [-0.39, 0.29) is 18.0 Å². The number of carbonyl (C=O) groups excluding carboxylic acids is 1. The Morgan fingerprint density at radius 2 is 2.10 bits per heavy atom. The molecular weight excluding hydrogens is 252 g/mol. The Balaban J connectivity index is 2.08. The zero-order chi connectivity index (χ0) is 14.8. The van der Waals surface area contributed by atoms with Gasteiger partial charge in [0.2, 0.25) is 5.91 Å². The van der Waals surface area contributed by atoms with Crippen LogP contribution in [-0.4, -0.2) is 21.2 Å². The van der Waals surface area contributed by atoms with Crippen LogP contribution in [0.25, 0.3) is 11.1 Å². The molecule has 0 saturated heterocycles. The normalized spacial score (nSPS) is 11.3. The lowest BCUT2D eigenvalue weighted by molar-refractivity contribution is -0.123. The van der Waals surface area contributed by atoms with Crippen molar-refractivity contribution < 1.29 is 4.79 Å². The Morgan fingerprint density at radius 1 is 1.35 bits per heavy atom. The third kappa shape index (κ3) is 3.85. The van der Waals surface area contributed by atoms with Gasteiger partial charge in [0.05, 0.1) is 6.20 Å². The van der Waals surface area contributed by atoms with Crippen LogP contribution in [0.4, 0.5) is 5.69 Å². The van der Waals surface area contributed by atoms with Crippen molar-refractivity contribution in [2.24, 2.45) is 0 Å². The van der Waals surface area contributed by atoms with Crippen LogP contribution in [0.5, 0.6) is 0 Å². The second-order valence-corrected chi connectivity index (χ2v) is 5.85. The van der Waals surface area contributed by atoms with E-state index in [9.17, 15) is 4.79 Å². The number of hydrogen-bond acceptors (Lipinski definition) is 3. The predicted octanol–water partition coefficient (Wildman–Crippen LogP) is 2.05. The zero-order valence-corrected chi connectivity index (χ0v) is 12.1. The number of amides is 1. The summed E-state index contributed by atoms with van der Waals surface area (Å²) < 4.78 is 1.62. The van der Waals surface area contributed by atoms with E-state index in [0.29, 0.717) is 5.69 Å². The highest BCUT2D eigenvalue weighted by Gasteiger charge is 2.14. The van der Waals surface area contributed by atoms with E-state index in [0.717, 1.165) is 11.1 Å². The Morgan fingerprint density at radius 3 is 2.75 bits per heavy atom. The van der Waals surface area contributed by atoms with Gasteiger partial charge in [0.1, 0.15) is 6.54 Å². The molecule has 0 aliphatic carbocycles. The smallest absolute Gasteiger partial charge is 0.242 e. The Labute approximate surface area is 118 Å². The average molecular weight is 272 g/mol. The lowest BCUT2D eigenvalue weighted by atomic mass is 10.1. The van der Waals surface area contributed by atoms with Gasteiger partial charge in [0.25, 0.3) is 0 Å². The SMILES string of the molecule is CC(C)(C)NC(=O)Cn1cc(-c2cccc(N)c2)cn1. The van der Waals surface area contributed by atoms with Gasteiger partial charge >= 0.3 is 0 Å². The molecule has 0 spiro atoms. The standard InChI is InChI=1S/C15H20N4O/c1-15(2,3)18-14(20)10-19-9-12(8-17-19)11-5-4-6-13(16)7-11/h4-9H,10,16H2,1-3H3,(H,18,20). The van der Waals surface area contributed by atoms with Crippen molar-refractivity contribution >= 4 is 11.6 Å². The average Bonchev–Trinajstić information content (AvgIpc) is 2.74. The van der Waals surface area contributed by atoms with Gasteiger partial charge in [-0.05, 0) is 38.5 Å². The first-order chi connectivity index (χ1) is 9.33. The van der Waals surface area contributed by atoms with Crippen molar-refractivity contribution in [2.45, 2.75) is 32.9 Å². The highest BCUT2D eigenvalue weighted by atomic mass is 16.2. The molecule has 20 heavy (non-hydrogen) atoms. The first kappa shape index (κ1) is 14.1. The van der Waals surface area contributed by atoms with Gasteiger partial charge in [-0.1, -0.05) is 12.1 Å². The predicted molar refractivity (Wildman–Crippen MR) is 80.0 cm³/mol. The van der Waals surface area contributed by atoms with Crippen molar-refractivity contribution in [1.82, 2.24) is 15.1 Å².